The van der Waals surface area contributed by atoms with Crippen molar-refractivity contribution in [2.75, 3.05) is 6.54 Å². The molecule has 0 bridgehead atoms. The Kier molecular flexibility index (Phi) is 6.35. The highest BCUT2D eigenvalue weighted by Gasteiger charge is 2.19. The standard InChI is InChI=1S/C20H28N4OS/c1-13(2)19-16(11-22-14(3)23-19)20(25)21-10-9-18-24-17(12-26-18)15-7-5-4-6-8-15/h11-13,15H,4-10H2,1-3H3,(H,21,25). The first-order chi connectivity index (χ1) is 12.5. The average Bonchev–Trinajstić information content (AvgIpc) is 3.11. The van der Waals surface area contributed by atoms with Crippen LogP contribution in [0.2, 0.25) is 0 Å². The summed E-state index contributed by atoms with van der Waals surface area (Å²) in [4.78, 5) is 25.9. The number of carbonyl (C=O) groups is 1. The molecule has 0 atom stereocenters. The minimum Gasteiger partial charge on any atom is -0.352 e. The topological polar surface area (TPSA) is 67.8 Å². The highest BCUT2D eigenvalue weighted by atomic mass is 32.1. The van der Waals surface area contributed by atoms with Gasteiger partial charge in [0.1, 0.15) is 5.82 Å². The van der Waals surface area contributed by atoms with Gasteiger partial charge < -0.3 is 5.32 Å². The number of thiazole rings is 1. The van der Waals surface area contributed by atoms with Crippen molar-refractivity contribution in [1.82, 2.24) is 20.3 Å². The highest BCUT2D eigenvalue weighted by molar-refractivity contribution is 7.09. The molecule has 1 saturated carbocycles. The molecule has 5 nitrogen and oxygen atoms in total. The third-order valence-electron chi connectivity index (χ3n) is 4.95. The lowest BCUT2D eigenvalue weighted by Gasteiger charge is -2.19. The van der Waals surface area contributed by atoms with Gasteiger partial charge in [0.2, 0.25) is 0 Å². The van der Waals surface area contributed by atoms with Crippen molar-refractivity contribution < 1.29 is 4.79 Å². The van der Waals surface area contributed by atoms with Crippen LogP contribution in [0.3, 0.4) is 0 Å². The lowest BCUT2D eigenvalue weighted by Crippen LogP contribution is -2.27. The van der Waals surface area contributed by atoms with Gasteiger partial charge in [0, 0.05) is 30.5 Å². The summed E-state index contributed by atoms with van der Waals surface area (Å²) in [5, 5.41) is 6.31. The van der Waals surface area contributed by atoms with E-state index >= 15 is 0 Å². The van der Waals surface area contributed by atoms with Gasteiger partial charge >= 0.3 is 0 Å². The summed E-state index contributed by atoms with van der Waals surface area (Å²) in [6.07, 6.45) is 8.95. The average molecular weight is 373 g/mol. The maximum absolute atomic E-state index is 12.5. The second-order valence-corrected chi connectivity index (χ2v) is 8.32. The summed E-state index contributed by atoms with van der Waals surface area (Å²) in [6.45, 7) is 6.52. The third kappa shape index (κ3) is 4.67. The molecule has 1 aliphatic rings. The molecule has 0 aliphatic heterocycles. The Balaban J connectivity index is 1.55. The van der Waals surface area contributed by atoms with Crippen LogP contribution in [0.1, 0.15) is 90.4 Å². The Hall–Kier alpha value is -1.82. The van der Waals surface area contributed by atoms with Crippen LogP contribution in [0, 0.1) is 6.92 Å². The van der Waals surface area contributed by atoms with E-state index in [2.05, 4.69) is 20.7 Å². The molecule has 1 N–H and O–H groups in total. The van der Waals surface area contributed by atoms with Crippen molar-refractivity contribution in [2.24, 2.45) is 0 Å². The van der Waals surface area contributed by atoms with Gasteiger partial charge in [0.05, 0.1) is 22.0 Å². The second kappa shape index (κ2) is 8.71. The Morgan fingerprint density at radius 3 is 2.77 bits per heavy atom. The van der Waals surface area contributed by atoms with Gasteiger partial charge in [0.25, 0.3) is 5.91 Å². The summed E-state index contributed by atoms with van der Waals surface area (Å²) < 4.78 is 0. The first-order valence-electron chi connectivity index (χ1n) is 9.60. The van der Waals surface area contributed by atoms with Gasteiger partial charge in [-0.25, -0.2) is 15.0 Å². The van der Waals surface area contributed by atoms with Crippen molar-refractivity contribution in [1.29, 1.82) is 0 Å². The number of rotatable bonds is 6. The van der Waals surface area contributed by atoms with E-state index in [0.717, 1.165) is 17.1 Å². The SMILES string of the molecule is Cc1ncc(C(=O)NCCc2nc(C3CCCCC3)cs2)c(C(C)C)n1. The number of hydrogen-bond acceptors (Lipinski definition) is 5. The van der Waals surface area contributed by atoms with E-state index in [0.29, 0.717) is 23.9 Å². The van der Waals surface area contributed by atoms with Crippen molar-refractivity contribution in [3.63, 3.8) is 0 Å². The van der Waals surface area contributed by atoms with Gasteiger partial charge in [-0.3, -0.25) is 4.79 Å². The van der Waals surface area contributed by atoms with Crippen molar-refractivity contribution in [3.8, 4) is 0 Å². The van der Waals surface area contributed by atoms with Crippen LogP contribution in [0.4, 0.5) is 0 Å². The molecular formula is C20H28N4OS. The summed E-state index contributed by atoms with van der Waals surface area (Å²) in [7, 11) is 0. The van der Waals surface area contributed by atoms with Crippen LogP contribution >= 0.6 is 11.3 Å². The Bertz CT molecular complexity index is 750. The molecule has 3 rings (SSSR count). The largest absolute Gasteiger partial charge is 0.352 e. The van der Waals surface area contributed by atoms with Crippen LogP contribution in [-0.4, -0.2) is 27.4 Å². The zero-order chi connectivity index (χ0) is 18.5. The molecule has 1 amide bonds. The second-order valence-electron chi connectivity index (χ2n) is 7.38. The molecule has 0 unspecified atom stereocenters. The molecule has 2 aromatic rings. The lowest BCUT2D eigenvalue weighted by molar-refractivity contribution is 0.0952. The smallest absolute Gasteiger partial charge is 0.254 e. The van der Waals surface area contributed by atoms with Gasteiger partial charge in [-0.05, 0) is 25.7 Å². The monoisotopic (exact) mass is 372 g/mol. The maximum Gasteiger partial charge on any atom is 0.254 e. The Labute approximate surface area is 159 Å². The Morgan fingerprint density at radius 1 is 1.27 bits per heavy atom. The molecule has 0 spiro atoms. The number of nitrogens with zero attached hydrogens (tertiary/aromatic N) is 3. The Morgan fingerprint density at radius 2 is 2.04 bits per heavy atom. The first-order valence-corrected chi connectivity index (χ1v) is 10.5. The van der Waals surface area contributed by atoms with E-state index in [4.69, 9.17) is 4.98 Å². The number of nitrogens with one attached hydrogen (secondary N) is 1. The van der Waals surface area contributed by atoms with E-state index in [-0.39, 0.29) is 11.8 Å². The van der Waals surface area contributed by atoms with Crippen LogP contribution < -0.4 is 5.32 Å². The third-order valence-corrected chi connectivity index (χ3v) is 5.87. The van der Waals surface area contributed by atoms with Gasteiger partial charge in [-0.2, -0.15) is 0 Å². The number of amides is 1. The fourth-order valence-electron chi connectivity index (χ4n) is 3.51. The predicted molar refractivity (Wildman–Crippen MR) is 105 cm³/mol. The van der Waals surface area contributed by atoms with E-state index in [1.807, 2.05) is 20.8 Å². The predicted octanol–water partition coefficient (Wildman–Crippen LogP) is 4.39. The number of carbonyl (C=O) groups excluding carboxylic acids is 1. The van der Waals surface area contributed by atoms with E-state index in [1.165, 1.54) is 37.8 Å². The molecule has 2 aromatic heterocycles. The van der Waals surface area contributed by atoms with Crippen molar-refractivity contribution in [3.05, 3.63) is 39.4 Å². The minimum atomic E-state index is -0.0993. The van der Waals surface area contributed by atoms with Gasteiger partial charge in [0.15, 0.2) is 0 Å². The fourth-order valence-corrected chi connectivity index (χ4v) is 4.39. The van der Waals surface area contributed by atoms with Crippen LogP contribution in [0.25, 0.3) is 0 Å². The normalized spacial score (nSPS) is 15.4. The molecule has 0 saturated heterocycles. The summed E-state index contributed by atoms with van der Waals surface area (Å²) >= 11 is 1.71. The number of hydrogen-bond donors (Lipinski definition) is 1. The van der Waals surface area contributed by atoms with Crippen molar-refractivity contribution in [2.45, 2.75) is 71.1 Å². The zero-order valence-corrected chi connectivity index (χ0v) is 16.7. The molecule has 2 heterocycles. The minimum absolute atomic E-state index is 0.0993. The summed E-state index contributed by atoms with van der Waals surface area (Å²) in [5.74, 6) is 1.43. The van der Waals surface area contributed by atoms with Crippen LogP contribution in [0.5, 0.6) is 0 Å². The van der Waals surface area contributed by atoms with E-state index in [1.54, 1.807) is 17.5 Å². The molecule has 6 heteroatoms. The molecule has 1 fully saturated rings. The van der Waals surface area contributed by atoms with Crippen molar-refractivity contribution >= 4 is 17.2 Å². The quantitative estimate of drug-likeness (QED) is 0.817. The van der Waals surface area contributed by atoms with Gasteiger partial charge in [-0.1, -0.05) is 33.1 Å². The summed E-state index contributed by atoms with van der Waals surface area (Å²) in [5.41, 5.74) is 2.64. The molecular weight excluding hydrogens is 344 g/mol. The maximum atomic E-state index is 12.5. The number of aryl methyl sites for hydroxylation is 1. The molecule has 140 valence electrons. The summed E-state index contributed by atoms with van der Waals surface area (Å²) in [6, 6.07) is 0. The fraction of sp³-hybridized carbons (Fsp3) is 0.600. The van der Waals surface area contributed by atoms with E-state index < -0.39 is 0 Å². The highest BCUT2D eigenvalue weighted by Crippen LogP contribution is 2.33. The first kappa shape index (κ1) is 19.0. The zero-order valence-electron chi connectivity index (χ0n) is 15.9. The lowest BCUT2D eigenvalue weighted by atomic mass is 9.87. The molecule has 0 aromatic carbocycles. The molecule has 1 aliphatic carbocycles. The molecule has 26 heavy (non-hydrogen) atoms. The van der Waals surface area contributed by atoms with E-state index in [9.17, 15) is 4.79 Å². The van der Waals surface area contributed by atoms with Crippen LogP contribution in [-0.2, 0) is 6.42 Å². The molecule has 0 radical (unpaired) electrons. The van der Waals surface area contributed by atoms with Gasteiger partial charge in [-0.15, -0.1) is 11.3 Å². The number of aromatic nitrogens is 3. The van der Waals surface area contributed by atoms with Crippen LogP contribution in [0.15, 0.2) is 11.6 Å².